The van der Waals surface area contributed by atoms with Crippen LogP contribution in [0.2, 0.25) is 0 Å². The van der Waals surface area contributed by atoms with Gasteiger partial charge in [-0.15, -0.1) is 0 Å². The number of hydrogen-bond donors (Lipinski definition) is 2. The van der Waals surface area contributed by atoms with Gasteiger partial charge in [-0.05, 0) is 36.8 Å². The fourth-order valence-corrected chi connectivity index (χ4v) is 2.32. The number of rotatable bonds is 5. The van der Waals surface area contributed by atoms with Gasteiger partial charge >= 0.3 is 6.18 Å². The van der Waals surface area contributed by atoms with Crippen molar-refractivity contribution in [1.29, 1.82) is 0 Å². The zero-order valence-corrected chi connectivity index (χ0v) is 15.1. The van der Waals surface area contributed by atoms with Crippen LogP contribution in [0, 0.1) is 12.8 Å². The van der Waals surface area contributed by atoms with Crippen molar-refractivity contribution < 1.29 is 22.8 Å². The molecule has 0 aliphatic rings. The maximum Gasteiger partial charge on any atom is 0.416 e. The molecule has 144 valence electrons. The van der Waals surface area contributed by atoms with Gasteiger partial charge in [0.25, 0.3) is 5.91 Å². The van der Waals surface area contributed by atoms with Gasteiger partial charge in [0.05, 0.1) is 5.56 Å². The molecule has 2 N–H and O–H groups in total. The molecule has 0 spiro atoms. The number of carbonyl (C=O) groups excluding carboxylic acids is 2. The molecule has 0 fully saturated rings. The SMILES string of the molecule is Cc1cc(CNC(=O)c2ccnc(NC(=O)C(C)C)c2)cc(C(F)(F)F)c1. The molecule has 2 amide bonds. The highest BCUT2D eigenvalue weighted by molar-refractivity contribution is 5.96. The summed E-state index contributed by atoms with van der Waals surface area (Å²) in [5.41, 5.74) is 0.289. The Hall–Kier alpha value is -2.90. The zero-order valence-electron chi connectivity index (χ0n) is 15.1. The van der Waals surface area contributed by atoms with E-state index in [1.165, 1.54) is 18.3 Å². The van der Waals surface area contributed by atoms with E-state index in [0.29, 0.717) is 11.1 Å². The third-order valence-corrected chi connectivity index (χ3v) is 3.72. The molecular weight excluding hydrogens is 359 g/mol. The average molecular weight is 379 g/mol. The molecule has 2 rings (SSSR count). The average Bonchev–Trinajstić information content (AvgIpc) is 2.58. The summed E-state index contributed by atoms with van der Waals surface area (Å²) in [5.74, 6) is -0.725. The van der Waals surface area contributed by atoms with Gasteiger partial charge in [0.15, 0.2) is 0 Å². The van der Waals surface area contributed by atoms with Crippen LogP contribution < -0.4 is 10.6 Å². The third-order valence-electron chi connectivity index (χ3n) is 3.72. The first kappa shape index (κ1) is 20.4. The molecule has 0 unspecified atom stereocenters. The molecule has 0 atom stereocenters. The second-order valence-electron chi connectivity index (χ2n) is 6.46. The molecule has 27 heavy (non-hydrogen) atoms. The molecule has 0 radical (unpaired) electrons. The normalized spacial score (nSPS) is 11.4. The number of hydrogen-bond acceptors (Lipinski definition) is 3. The smallest absolute Gasteiger partial charge is 0.348 e. The number of alkyl halides is 3. The van der Waals surface area contributed by atoms with Crippen molar-refractivity contribution in [1.82, 2.24) is 10.3 Å². The lowest BCUT2D eigenvalue weighted by Crippen LogP contribution is -2.24. The number of nitrogens with zero attached hydrogens (tertiary/aromatic N) is 1. The largest absolute Gasteiger partial charge is 0.416 e. The van der Waals surface area contributed by atoms with Crippen LogP contribution in [0.15, 0.2) is 36.5 Å². The Kier molecular flexibility index (Phi) is 6.20. The molecule has 5 nitrogen and oxygen atoms in total. The summed E-state index contributed by atoms with van der Waals surface area (Å²) in [6, 6.07) is 6.51. The van der Waals surface area contributed by atoms with Crippen molar-refractivity contribution >= 4 is 17.6 Å². The van der Waals surface area contributed by atoms with Crippen LogP contribution in [0.5, 0.6) is 0 Å². The van der Waals surface area contributed by atoms with Crippen molar-refractivity contribution in [2.45, 2.75) is 33.5 Å². The Morgan fingerprint density at radius 1 is 1.15 bits per heavy atom. The first-order chi connectivity index (χ1) is 12.6. The summed E-state index contributed by atoms with van der Waals surface area (Å²) in [6.45, 7) is 4.96. The van der Waals surface area contributed by atoms with E-state index in [-0.39, 0.29) is 29.8 Å². The van der Waals surface area contributed by atoms with Crippen LogP contribution in [0.3, 0.4) is 0 Å². The van der Waals surface area contributed by atoms with Gasteiger partial charge in [-0.25, -0.2) is 4.98 Å². The quantitative estimate of drug-likeness (QED) is 0.827. The van der Waals surface area contributed by atoms with Gasteiger partial charge in [0, 0.05) is 24.2 Å². The van der Waals surface area contributed by atoms with Crippen LogP contribution in [0.4, 0.5) is 19.0 Å². The van der Waals surface area contributed by atoms with Crippen molar-refractivity contribution in [3.63, 3.8) is 0 Å². The standard InChI is InChI=1S/C19H20F3N3O2/c1-11(2)17(26)25-16-9-14(4-5-23-16)18(27)24-10-13-6-12(3)7-15(8-13)19(20,21)22/h4-9,11H,10H2,1-3H3,(H,24,27)(H,23,25,26). The highest BCUT2D eigenvalue weighted by Gasteiger charge is 2.30. The minimum atomic E-state index is -4.45. The Balaban J connectivity index is 2.08. The molecule has 1 heterocycles. The minimum Gasteiger partial charge on any atom is -0.348 e. The van der Waals surface area contributed by atoms with Crippen molar-refractivity contribution in [2.75, 3.05) is 5.32 Å². The van der Waals surface area contributed by atoms with Crippen molar-refractivity contribution in [3.8, 4) is 0 Å². The van der Waals surface area contributed by atoms with Crippen LogP contribution >= 0.6 is 0 Å². The van der Waals surface area contributed by atoms with E-state index in [4.69, 9.17) is 0 Å². The van der Waals surface area contributed by atoms with Crippen LogP contribution in [-0.4, -0.2) is 16.8 Å². The number of benzene rings is 1. The van der Waals surface area contributed by atoms with E-state index in [0.717, 1.165) is 12.1 Å². The van der Waals surface area contributed by atoms with Crippen molar-refractivity contribution in [2.24, 2.45) is 5.92 Å². The van der Waals surface area contributed by atoms with Crippen LogP contribution in [0.25, 0.3) is 0 Å². The topological polar surface area (TPSA) is 71.1 Å². The summed E-state index contributed by atoms with van der Waals surface area (Å²) in [7, 11) is 0. The number of halogens is 3. The molecule has 1 aromatic carbocycles. The monoisotopic (exact) mass is 379 g/mol. The highest BCUT2D eigenvalue weighted by Crippen LogP contribution is 2.30. The van der Waals surface area contributed by atoms with Crippen LogP contribution in [0.1, 0.15) is 40.9 Å². The molecule has 0 bridgehead atoms. The molecule has 0 saturated carbocycles. The fraction of sp³-hybridized carbons (Fsp3) is 0.316. The summed E-state index contributed by atoms with van der Waals surface area (Å²) >= 11 is 0. The molecule has 0 aliphatic carbocycles. The number of aromatic nitrogens is 1. The van der Waals surface area contributed by atoms with Crippen molar-refractivity contribution in [3.05, 3.63) is 58.8 Å². The first-order valence-corrected chi connectivity index (χ1v) is 8.29. The second-order valence-corrected chi connectivity index (χ2v) is 6.46. The minimum absolute atomic E-state index is 0.0559. The summed E-state index contributed by atoms with van der Waals surface area (Å²) in [5, 5.41) is 5.16. The second kappa shape index (κ2) is 8.20. The number of nitrogens with one attached hydrogen (secondary N) is 2. The Morgan fingerprint density at radius 3 is 2.48 bits per heavy atom. The molecule has 1 aromatic heterocycles. The number of aryl methyl sites for hydroxylation is 1. The van der Waals surface area contributed by atoms with E-state index in [2.05, 4.69) is 15.6 Å². The third kappa shape index (κ3) is 5.80. The maximum atomic E-state index is 12.9. The summed E-state index contributed by atoms with van der Waals surface area (Å²) in [4.78, 5) is 28.0. The van der Waals surface area contributed by atoms with Gasteiger partial charge in [-0.3, -0.25) is 9.59 Å². The Bertz CT molecular complexity index is 848. The van der Waals surface area contributed by atoms with E-state index in [9.17, 15) is 22.8 Å². The van der Waals surface area contributed by atoms with E-state index < -0.39 is 17.6 Å². The lowest BCUT2D eigenvalue weighted by atomic mass is 10.1. The summed E-state index contributed by atoms with van der Waals surface area (Å²) < 4.78 is 38.7. The summed E-state index contributed by atoms with van der Waals surface area (Å²) in [6.07, 6.45) is -3.07. The van der Waals surface area contributed by atoms with Gasteiger partial charge in [0.2, 0.25) is 5.91 Å². The predicted octanol–water partition coefficient (Wildman–Crippen LogP) is 3.93. The van der Waals surface area contributed by atoms with E-state index in [1.807, 2.05) is 0 Å². The Labute approximate surface area is 155 Å². The molecular formula is C19H20F3N3O2. The number of carbonyl (C=O) groups is 2. The predicted molar refractivity (Wildman–Crippen MR) is 95.1 cm³/mol. The van der Waals surface area contributed by atoms with Gasteiger partial charge in [-0.2, -0.15) is 13.2 Å². The number of pyridine rings is 1. The highest BCUT2D eigenvalue weighted by atomic mass is 19.4. The Morgan fingerprint density at radius 2 is 1.85 bits per heavy atom. The van der Waals surface area contributed by atoms with Crippen LogP contribution in [-0.2, 0) is 17.5 Å². The number of amides is 2. The molecule has 0 saturated heterocycles. The number of anilines is 1. The first-order valence-electron chi connectivity index (χ1n) is 8.29. The zero-order chi connectivity index (χ0) is 20.2. The molecule has 2 aromatic rings. The lowest BCUT2D eigenvalue weighted by Gasteiger charge is -2.12. The van der Waals surface area contributed by atoms with E-state index in [1.54, 1.807) is 26.8 Å². The van der Waals surface area contributed by atoms with E-state index >= 15 is 0 Å². The fourth-order valence-electron chi connectivity index (χ4n) is 2.32. The van der Waals surface area contributed by atoms with Gasteiger partial charge < -0.3 is 10.6 Å². The lowest BCUT2D eigenvalue weighted by molar-refractivity contribution is -0.137. The van der Waals surface area contributed by atoms with Gasteiger partial charge in [0.1, 0.15) is 5.82 Å². The maximum absolute atomic E-state index is 12.9. The van der Waals surface area contributed by atoms with Gasteiger partial charge in [-0.1, -0.05) is 25.5 Å². The molecule has 8 heteroatoms. The molecule has 0 aliphatic heterocycles.